The smallest absolute Gasteiger partial charge is 0.209 e. The second-order valence-corrected chi connectivity index (χ2v) is 5.75. The molecule has 0 amide bonds. The van der Waals surface area contributed by atoms with Crippen molar-refractivity contribution in [2.45, 2.75) is 17.8 Å². The van der Waals surface area contributed by atoms with Gasteiger partial charge >= 0.3 is 0 Å². The molecule has 2 aromatic heterocycles. The van der Waals surface area contributed by atoms with Crippen LogP contribution < -0.4 is 0 Å². The van der Waals surface area contributed by atoms with E-state index in [1.807, 2.05) is 6.07 Å². The fraction of sp³-hybridized carbons (Fsp3) is 0.200. The summed E-state index contributed by atoms with van der Waals surface area (Å²) < 4.78 is 6.90. The van der Waals surface area contributed by atoms with Crippen molar-refractivity contribution < 1.29 is 9.52 Å². The molecule has 1 aromatic carbocycles. The number of hydrogen-bond acceptors (Lipinski definition) is 7. The lowest BCUT2D eigenvalue weighted by atomic mass is 10.1. The number of aliphatic hydroxyl groups excluding tert-OH is 1. The van der Waals surface area contributed by atoms with Crippen LogP contribution in [0.5, 0.6) is 0 Å². The maximum absolute atomic E-state index is 10.2. The number of hydrogen-bond donors (Lipinski definition) is 1. The zero-order chi connectivity index (χ0) is 16.1. The SMILES string of the molecule is N#Cc1ccc(C(O)CSc2nnnn2Cc2ccco2)cc1. The number of thioether (sulfide) groups is 1. The molecule has 116 valence electrons. The maximum Gasteiger partial charge on any atom is 0.209 e. The summed E-state index contributed by atoms with van der Waals surface area (Å²) in [7, 11) is 0. The standard InChI is InChI=1S/C15H13N5O2S/c16-8-11-3-5-12(6-4-11)14(21)10-23-15-17-18-19-20(15)9-13-2-1-7-22-13/h1-7,14,21H,9-10H2. The van der Waals surface area contributed by atoms with Crippen molar-refractivity contribution in [2.24, 2.45) is 0 Å². The number of benzene rings is 1. The number of nitriles is 1. The summed E-state index contributed by atoms with van der Waals surface area (Å²) in [5.41, 5.74) is 1.32. The van der Waals surface area contributed by atoms with Gasteiger partial charge in [0.25, 0.3) is 0 Å². The van der Waals surface area contributed by atoms with Gasteiger partial charge in [-0.05, 0) is 40.3 Å². The molecule has 0 spiro atoms. The highest BCUT2D eigenvalue weighted by molar-refractivity contribution is 7.99. The molecule has 3 rings (SSSR count). The Morgan fingerprint density at radius 2 is 2.13 bits per heavy atom. The zero-order valence-electron chi connectivity index (χ0n) is 12.0. The highest BCUT2D eigenvalue weighted by Crippen LogP contribution is 2.23. The second kappa shape index (κ2) is 7.09. The molecule has 0 saturated heterocycles. The Morgan fingerprint density at radius 3 is 2.83 bits per heavy atom. The molecule has 7 nitrogen and oxygen atoms in total. The van der Waals surface area contributed by atoms with Crippen LogP contribution in [0.1, 0.15) is 23.0 Å². The normalized spacial score (nSPS) is 12.0. The van der Waals surface area contributed by atoms with E-state index in [-0.39, 0.29) is 0 Å². The Morgan fingerprint density at radius 1 is 1.30 bits per heavy atom. The highest BCUT2D eigenvalue weighted by Gasteiger charge is 2.13. The molecule has 1 unspecified atom stereocenters. The Balaban J connectivity index is 1.61. The van der Waals surface area contributed by atoms with E-state index in [9.17, 15) is 5.11 Å². The molecular formula is C15H13N5O2S. The number of rotatable bonds is 6. The van der Waals surface area contributed by atoms with Crippen LogP contribution in [0.3, 0.4) is 0 Å². The van der Waals surface area contributed by atoms with E-state index in [1.54, 1.807) is 41.3 Å². The summed E-state index contributed by atoms with van der Waals surface area (Å²) >= 11 is 1.36. The zero-order valence-corrected chi connectivity index (χ0v) is 12.8. The maximum atomic E-state index is 10.2. The molecule has 0 radical (unpaired) electrons. The summed E-state index contributed by atoms with van der Waals surface area (Å²) in [6.45, 7) is 0.440. The van der Waals surface area contributed by atoms with Gasteiger partial charge in [-0.15, -0.1) is 5.10 Å². The number of nitrogens with zero attached hydrogens (tertiary/aromatic N) is 5. The monoisotopic (exact) mass is 327 g/mol. The number of aromatic nitrogens is 4. The van der Waals surface area contributed by atoms with Gasteiger partial charge < -0.3 is 9.52 Å². The van der Waals surface area contributed by atoms with Crippen LogP contribution >= 0.6 is 11.8 Å². The third kappa shape index (κ3) is 3.77. The van der Waals surface area contributed by atoms with E-state index in [4.69, 9.17) is 9.68 Å². The molecule has 0 fully saturated rings. The molecule has 0 aliphatic heterocycles. The van der Waals surface area contributed by atoms with Crippen molar-refractivity contribution in [3.05, 3.63) is 59.5 Å². The molecule has 0 aliphatic rings. The predicted octanol–water partition coefficient (Wildman–Crippen LogP) is 2.01. The van der Waals surface area contributed by atoms with Crippen molar-refractivity contribution in [3.63, 3.8) is 0 Å². The Hall–Kier alpha value is -2.63. The van der Waals surface area contributed by atoms with Crippen LogP contribution in [0.15, 0.2) is 52.2 Å². The van der Waals surface area contributed by atoms with Gasteiger partial charge in [-0.1, -0.05) is 23.9 Å². The average Bonchev–Trinajstić information content (AvgIpc) is 3.25. The molecule has 2 heterocycles. The van der Waals surface area contributed by atoms with Crippen molar-refractivity contribution in [3.8, 4) is 6.07 Å². The summed E-state index contributed by atoms with van der Waals surface area (Å²) in [4.78, 5) is 0. The molecule has 23 heavy (non-hydrogen) atoms. The van der Waals surface area contributed by atoms with Crippen LogP contribution in [0.2, 0.25) is 0 Å². The van der Waals surface area contributed by atoms with E-state index in [2.05, 4.69) is 21.6 Å². The third-order valence-electron chi connectivity index (χ3n) is 3.18. The van der Waals surface area contributed by atoms with Gasteiger partial charge in [-0.2, -0.15) is 5.26 Å². The number of aliphatic hydroxyl groups is 1. The topological polar surface area (TPSA) is 101 Å². The van der Waals surface area contributed by atoms with Crippen molar-refractivity contribution >= 4 is 11.8 Å². The van der Waals surface area contributed by atoms with Crippen LogP contribution in [-0.4, -0.2) is 31.1 Å². The van der Waals surface area contributed by atoms with E-state index in [1.165, 1.54) is 11.8 Å². The van der Waals surface area contributed by atoms with Gasteiger partial charge in [0.1, 0.15) is 12.3 Å². The van der Waals surface area contributed by atoms with Crippen LogP contribution in [0, 0.1) is 11.3 Å². The summed E-state index contributed by atoms with van der Waals surface area (Å²) in [6, 6.07) is 12.6. The average molecular weight is 327 g/mol. The van der Waals surface area contributed by atoms with Crippen LogP contribution in [0.4, 0.5) is 0 Å². The van der Waals surface area contributed by atoms with Gasteiger partial charge in [0.05, 0.1) is 24.0 Å². The first-order chi connectivity index (χ1) is 11.3. The van der Waals surface area contributed by atoms with Gasteiger partial charge in [-0.25, -0.2) is 4.68 Å². The molecule has 0 aliphatic carbocycles. The molecule has 0 saturated carbocycles. The molecule has 0 bridgehead atoms. The molecule has 1 atom stereocenters. The quantitative estimate of drug-likeness (QED) is 0.691. The largest absolute Gasteiger partial charge is 0.467 e. The second-order valence-electron chi connectivity index (χ2n) is 4.76. The highest BCUT2D eigenvalue weighted by atomic mass is 32.2. The van der Waals surface area contributed by atoms with Crippen LogP contribution in [-0.2, 0) is 6.54 Å². The summed E-state index contributed by atoms with van der Waals surface area (Å²) in [5, 5.41) is 31.2. The number of tetrazole rings is 1. The van der Waals surface area contributed by atoms with Gasteiger partial charge in [-0.3, -0.25) is 0 Å². The predicted molar refractivity (Wildman–Crippen MR) is 82.5 cm³/mol. The Labute approximate surface area is 136 Å². The van der Waals surface area contributed by atoms with Gasteiger partial charge in [0, 0.05) is 5.75 Å². The van der Waals surface area contributed by atoms with Crippen LogP contribution in [0.25, 0.3) is 0 Å². The van der Waals surface area contributed by atoms with Gasteiger partial charge in [0.2, 0.25) is 5.16 Å². The number of furan rings is 1. The van der Waals surface area contributed by atoms with E-state index >= 15 is 0 Å². The summed E-state index contributed by atoms with van der Waals surface area (Å²) in [6.07, 6.45) is 0.933. The first-order valence-electron chi connectivity index (χ1n) is 6.86. The molecule has 3 aromatic rings. The van der Waals surface area contributed by atoms with Gasteiger partial charge in [0.15, 0.2) is 0 Å². The third-order valence-corrected chi connectivity index (χ3v) is 4.21. The molecule has 1 N–H and O–H groups in total. The fourth-order valence-electron chi connectivity index (χ4n) is 1.98. The lowest BCUT2D eigenvalue weighted by molar-refractivity contribution is 0.204. The van der Waals surface area contributed by atoms with E-state index in [0.29, 0.717) is 23.0 Å². The Bertz CT molecular complexity index is 792. The van der Waals surface area contributed by atoms with E-state index in [0.717, 1.165) is 11.3 Å². The lowest BCUT2D eigenvalue weighted by Gasteiger charge is -2.10. The van der Waals surface area contributed by atoms with Crippen molar-refractivity contribution in [2.75, 3.05) is 5.75 Å². The minimum atomic E-state index is -0.665. The summed E-state index contributed by atoms with van der Waals surface area (Å²) in [5.74, 6) is 1.16. The molecular weight excluding hydrogens is 314 g/mol. The first-order valence-corrected chi connectivity index (χ1v) is 7.84. The van der Waals surface area contributed by atoms with Crippen molar-refractivity contribution in [1.82, 2.24) is 20.2 Å². The Kier molecular flexibility index (Phi) is 4.71. The minimum absolute atomic E-state index is 0.407. The van der Waals surface area contributed by atoms with Crippen molar-refractivity contribution in [1.29, 1.82) is 5.26 Å². The molecule has 8 heteroatoms. The fourth-order valence-corrected chi connectivity index (χ4v) is 2.82. The van der Waals surface area contributed by atoms with E-state index < -0.39 is 6.10 Å². The first kappa shape index (κ1) is 15.3. The lowest BCUT2D eigenvalue weighted by Crippen LogP contribution is -2.05. The minimum Gasteiger partial charge on any atom is -0.467 e.